The Labute approximate surface area is 94.6 Å². The smallest absolute Gasteiger partial charge is 0.245 e. The van der Waals surface area contributed by atoms with Gasteiger partial charge >= 0.3 is 0 Å². The van der Waals surface area contributed by atoms with E-state index in [2.05, 4.69) is 4.90 Å². The summed E-state index contributed by atoms with van der Waals surface area (Å²) in [5.41, 5.74) is 7.53. The van der Waals surface area contributed by atoms with Crippen LogP contribution in [0.25, 0.3) is 0 Å². The summed E-state index contributed by atoms with van der Waals surface area (Å²) < 4.78 is 0. The Hall–Kier alpha value is -1.71. The van der Waals surface area contributed by atoms with Gasteiger partial charge < -0.3 is 15.5 Å². The van der Waals surface area contributed by atoms with Crippen LogP contribution in [-0.2, 0) is 4.79 Å². The number of piperazine rings is 1. The molecular formula is C12H15N3O. The van der Waals surface area contributed by atoms with Crippen molar-refractivity contribution in [1.29, 1.82) is 0 Å². The average Bonchev–Trinajstić information content (AvgIpc) is 2.24. The maximum atomic E-state index is 11.9. The van der Waals surface area contributed by atoms with Crippen LogP contribution in [-0.4, -0.2) is 36.5 Å². The molecule has 2 atom stereocenters. The van der Waals surface area contributed by atoms with E-state index in [0.717, 1.165) is 24.3 Å². The molecule has 2 bridgehead atoms. The summed E-state index contributed by atoms with van der Waals surface area (Å²) in [4.78, 5) is 15.9. The first-order valence-corrected chi connectivity index (χ1v) is 5.55. The maximum absolute atomic E-state index is 11.9. The number of nitrogens with zero attached hydrogens (tertiary/aromatic N) is 2. The summed E-state index contributed by atoms with van der Waals surface area (Å²) in [6.45, 7) is 0.833. The molecule has 84 valence electrons. The third-order valence-corrected chi connectivity index (χ3v) is 3.56. The number of nitrogen functional groups attached to an aromatic ring is 1. The van der Waals surface area contributed by atoms with Crippen molar-refractivity contribution in [2.45, 2.75) is 18.5 Å². The third-order valence-electron chi connectivity index (χ3n) is 3.56. The van der Waals surface area contributed by atoms with E-state index in [1.807, 2.05) is 36.2 Å². The first-order chi connectivity index (χ1) is 7.66. The molecule has 4 nitrogen and oxygen atoms in total. The van der Waals surface area contributed by atoms with Gasteiger partial charge in [0.25, 0.3) is 0 Å². The highest BCUT2D eigenvalue weighted by Crippen LogP contribution is 2.37. The molecular weight excluding hydrogens is 202 g/mol. The quantitative estimate of drug-likeness (QED) is 0.704. The van der Waals surface area contributed by atoms with Crippen molar-refractivity contribution in [3.05, 3.63) is 24.3 Å². The lowest BCUT2D eigenvalue weighted by Crippen LogP contribution is -2.71. The normalized spacial score (nSPS) is 27.9. The maximum Gasteiger partial charge on any atom is 0.245 e. The van der Waals surface area contributed by atoms with Gasteiger partial charge in [-0.05, 0) is 30.7 Å². The second-order valence-corrected chi connectivity index (χ2v) is 4.62. The van der Waals surface area contributed by atoms with Gasteiger partial charge in [-0.3, -0.25) is 4.79 Å². The molecule has 3 fully saturated rings. The van der Waals surface area contributed by atoms with Crippen molar-refractivity contribution in [1.82, 2.24) is 4.90 Å². The van der Waals surface area contributed by atoms with E-state index in [4.69, 9.17) is 5.73 Å². The van der Waals surface area contributed by atoms with E-state index in [0.29, 0.717) is 6.04 Å². The molecule has 2 N–H and O–H groups in total. The number of rotatable bonds is 1. The monoisotopic (exact) mass is 217 g/mol. The zero-order chi connectivity index (χ0) is 11.3. The standard InChI is InChI=1S/C12H15N3O/c1-14-7-10-6-11(12(14)16)15(10)9-4-2-8(13)3-5-9/h2-5,10-11H,6-7,13H2,1H3. The minimum atomic E-state index is 0.0485. The molecule has 1 aromatic rings. The van der Waals surface area contributed by atoms with Gasteiger partial charge in [0.15, 0.2) is 0 Å². The van der Waals surface area contributed by atoms with Crippen molar-refractivity contribution < 1.29 is 4.79 Å². The Kier molecular flexibility index (Phi) is 1.87. The SMILES string of the molecule is CN1CC2CC(C1=O)N2c1ccc(N)cc1. The molecule has 3 saturated heterocycles. The summed E-state index contributed by atoms with van der Waals surface area (Å²) in [6.07, 6.45) is 0.994. The van der Waals surface area contributed by atoms with Gasteiger partial charge in [0, 0.05) is 31.0 Å². The van der Waals surface area contributed by atoms with E-state index in [1.54, 1.807) is 0 Å². The van der Waals surface area contributed by atoms with E-state index in [1.165, 1.54) is 0 Å². The zero-order valence-corrected chi connectivity index (χ0v) is 9.26. The van der Waals surface area contributed by atoms with E-state index in [9.17, 15) is 4.79 Å². The third kappa shape index (κ3) is 1.19. The van der Waals surface area contributed by atoms with Crippen LogP contribution in [0.4, 0.5) is 11.4 Å². The molecule has 4 rings (SSSR count). The number of fused-ring (bicyclic) bond motifs is 2. The molecule has 1 amide bonds. The minimum Gasteiger partial charge on any atom is -0.399 e. The summed E-state index contributed by atoms with van der Waals surface area (Å²) in [7, 11) is 1.88. The molecule has 3 aliphatic heterocycles. The van der Waals surface area contributed by atoms with Crippen LogP contribution in [0.5, 0.6) is 0 Å². The predicted molar refractivity (Wildman–Crippen MR) is 63.2 cm³/mol. The zero-order valence-electron chi connectivity index (χ0n) is 9.26. The number of benzene rings is 1. The lowest BCUT2D eigenvalue weighted by Gasteiger charge is -2.55. The highest BCUT2D eigenvalue weighted by molar-refractivity contribution is 5.89. The topological polar surface area (TPSA) is 49.6 Å². The number of carbonyl (C=O) groups excluding carboxylic acids is 1. The number of anilines is 2. The highest BCUT2D eigenvalue weighted by atomic mass is 16.2. The number of hydrogen-bond acceptors (Lipinski definition) is 3. The number of piperidine rings is 1. The van der Waals surface area contributed by atoms with Crippen LogP contribution in [0.1, 0.15) is 6.42 Å². The van der Waals surface area contributed by atoms with Gasteiger partial charge in [0.2, 0.25) is 5.91 Å². The average molecular weight is 217 g/mol. The molecule has 0 aliphatic carbocycles. The number of nitrogens with two attached hydrogens (primary N) is 1. The summed E-state index contributed by atoms with van der Waals surface area (Å²) in [6, 6.07) is 8.29. The predicted octanol–water partition coefficient (Wildman–Crippen LogP) is 0.688. The van der Waals surface area contributed by atoms with Crippen molar-refractivity contribution >= 4 is 17.3 Å². The summed E-state index contributed by atoms with van der Waals surface area (Å²) in [5, 5.41) is 0. The Morgan fingerprint density at radius 1 is 1.31 bits per heavy atom. The molecule has 0 radical (unpaired) electrons. The minimum absolute atomic E-state index is 0.0485. The molecule has 16 heavy (non-hydrogen) atoms. The molecule has 4 heteroatoms. The highest BCUT2D eigenvalue weighted by Gasteiger charge is 2.49. The first kappa shape index (κ1) is 9.51. The van der Waals surface area contributed by atoms with E-state index >= 15 is 0 Å². The Morgan fingerprint density at radius 2 is 2.00 bits per heavy atom. The van der Waals surface area contributed by atoms with Crippen molar-refractivity contribution in [2.24, 2.45) is 0 Å². The van der Waals surface area contributed by atoms with Crippen LogP contribution in [0.2, 0.25) is 0 Å². The van der Waals surface area contributed by atoms with Crippen molar-refractivity contribution in [3.63, 3.8) is 0 Å². The first-order valence-electron chi connectivity index (χ1n) is 5.55. The second kappa shape index (κ2) is 3.14. The number of likely N-dealkylation sites (N-methyl/N-ethyl adjacent to an activating group) is 1. The molecule has 3 aliphatic rings. The molecule has 1 aromatic carbocycles. The van der Waals surface area contributed by atoms with E-state index < -0.39 is 0 Å². The second-order valence-electron chi connectivity index (χ2n) is 4.62. The number of amides is 1. The Bertz CT molecular complexity index is 428. The van der Waals surface area contributed by atoms with Gasteiger partial charge in [0.05, 0.1) is 0 Å². The van der Waals surface area contributed by atoms with Crippen LogP contribution < -0.4 is 10.6 Å². The largest absolute Gasteiger partial charge is 0.399 e. The fourth-order valence-electron chi connectivity index (χ4n) is 2.68. The molecule has 0 spiro atoms. The lowest BCUT2D eigenvalue weighted by molar-refractivity contribution is -0.138. The van der Waals surface area contributed by atoms with Crippen LogP contribution in [0.15, 0.2) is 24.3 Å². The molecule has 3 heterocycles. The van der Waals surface area contributed by atoms with Crippen LogP contribution in [0.3, 0.4) is 0 Å². The summed E-state index contributed by atoms with van der Waals surface area (Å²) >= 11 is 0. The number of carbonyl (C=O) groups is 1. The van der Waals surface area contributed by atoms with Crippen LogP contribution >= 0.6 is 0 Å². The molecule has 0 saturated carbocycles. The Morgan fingerprint density at radius 3 is 2.62 bits per heavy atom. The fourth-order valence-corrected chi connectivity index (χ4v) is 2.68. The summed E-state index contributed by atoms with van der Waals surface area (Å²) in [5.74, 6) is 0.235. The molecule has 0 aromatic heterocycles. The molecule has 2 unspecified atom stereocenters. The van der Waals surface area contributed by atoms with E-state index in [-0.39, 0.29) is 11.9 Å². The van der Waals surface area contributed by atoms with Gasteiger partial charge in [-0.25, -0.2) is 0 Å². The van der Waals surface area contributed by atoms with Gasteiger partial charge in [-0.15, -0.1) is 0 Å². The van der Waals surface area contributed by atoms with Crippen LogP contribution in [0, 0.1) is 0 Å². The van der Waals surface area contributed by atoms with Crippen molar-refractivity contribution in [3.8, 4) is 0 Å². The lowest BCUT2D eigenvalue weighted by atomic mass is 9.86. The number of hydrogen-bond donors (Lipinski definition) is 1. The van der Waals surface area contributed by atoms with Crippen molar-refractivity contribution in [2.75, 3.05) is 24.2 Å². The Balaban J connectivity index is 1.88. The van der Waals surface area contributed by atoms with Gasteiger partial charge in [0.1, 0.15) is 6.04 Å². The van der Waals surface area contributed by atoms with Gasteiger partial charge in [-0.2, -0.15) is 0 Å². The fraction of sp³-hybridized carbons (Fsp3) is 0.417. The van der Waals surface area contributed by atoms with Gasteiger partial charge in [-0.1, -0.05) is 0 Å².